The molecule has 3 aromatic rings. The number of halogens is 2. The Morgan fingerprint density at radius 1 is 1.00 bits per heavy atom. The molecular weight excluding hydrogens is 430 g/mol. The van der Waals surface area contributed by atoms with Crippen molar-refractivity contribution >= 4 is 22.7 Å². The number of aromatic nitrogens is 2. The fourth-order valence-electron chi connectivity index (χ4n) is 4.55. The first-order valence-corrected chi connectivity index (χ1v) is 11.3. The Hall–Kier alpha value is -2.93. The van der Waals surface area contributed by atoms with Gasteiger partial charge in [-0.3, -0.25) is 4.79 Å². The molecule has 2 atom stereocenters. The van der Waals surface area contributed by atoms with Crippen LogP contribution in [0.5, 0.6) is 0 Å². The zero-order chi connectivity index (χ0) is 23.2. The van der Waals surface area contributed by atoms with Crippen molar-refractivity contribution in [3.05, 3.63) is 75.0 Å². The molecule has 0 amide bonds. The summed E-state index contributed by atoms with van der Waals surface area (Å²) in [6.45, 7) is 7.85. The number of aliphatic hydroxyl groups is 1. The van der Waals surface area contributed by atoms with Gasteiger partial charge in [-0.25, -0.2) is 8.78 Å². The Morgan fingerprint density at radius 3 is 2.22 bits per heavy atom. The van der Waals surface area contributed by atoms with Crippen LogP contribution in [-0.4, -0.2) is 21.1 Å². The number of benzene rings is 2. The van der Waals surface area contributed by atoms with Crippen molar-refractivity contribution in [2.75, 3.05) is 0 Å². The van der Waals surface area contributed by atoms with Gasteiger partial charge in [0.2, 0.25) is 0 Å². The molecule has 1 heterocycles. The topological polar surface area (TPSA) is 63.1 Å². The minimum Gasteiger partial charge on any atom is -0.512 e. The van der Waals surface area contributed by atoms with E-state index in [2.05, 4.69) is 10.2 Å². The van der Waals surface area contributed by atoms with Gasteiger partial charge in [-0.2, -0.15) is 0 Å². The zero-order valence-corrected chi connectivity index (χ0v) is 19.2. The van der Waals surface area contributed by atoms with E-state index >= 15 is 0 Å². The third kappa shape index (κ3) is 4.21. The summed E-state index contributed by atoms with van der Waals surface area (Å²) in [5.41, 5.74) is 4.62. The van der Waals surface area contributed by atoms with Crippen LogP contribution in [0, 0.1) is 38.3 Å². The molecule has 0 bridgehead atoms. The van der Waals surface area contributed by atoms with E-state index < -0.39 is 11.6 Å². The van der Waals surface area contributed by atoms with Crippen molar-refractivity contribution in [2.24, 2.45) is 5.92 Å². The van der Waals surface area contributed by atoms with E-state index in [4.69, 9.17) is 0 Å². The summed E-state index contributed by atoms with van der Waals surface area (Å²) in [5.74, 6) is -1.61. The van der Waals surface area contributed by atoms with Crippen molar-refractivity contribution < 1.29 is 18.7 Å². The van der Waals surface area contributed by atoms with Crippen LogP contribution in [-0.2, 0) is 4.79 Å². The van der Waals surface area contributed by atoms with E-state index in [0.29, 0.717) is 27.6 Å². The molecule has 32 heavy (non-hydrogen) atoms. The minimum atomic E-state index is -0.674. The molecule has 1 aromatic heterocycles. The first-order chi connectivity index (χ1) is 15.1. The number of rotatable bonds is 4. The summed E-state index contributed by atoms with van der Waals surface area (Å²) in [7, 11) is 0. The van der Waals surface area contributed by atoms with Gasteiger partial charge in [0.25, 0.3) is 0 Å². The number of carbonyl (C=O) groups is 1. The van der Waals surface area contributed by atoms with Crippen LogP contribution in [0.4, 0.5) is 8.78 Å². The summed E-state index contributed by atoms with van der Waals surface area (Å²) in [4.78, 5) is 13.1. The molecule has 1 aliphatic rings. The molecule has 0 aliphatic heterocycles. The third-order valence-corrected chi connectivity index (χ3v) is 7.22. The summed E-state index contributed by atoms with van der Waals surface area (Å²) in [5, 5.41) is 20.2. The molecule has 0 radical (unpaired) electrons. The monoisotopic (exact) mass is 454 g/mol. The highest BCUT2D eigenvalue weighted by Gasteiger charge is 2.34. The molecule has 166 valence electrons. The maximum Gasteiger partial charge on any atom is 0.167 e. The van der Waals surface area contributed by atoms with E-state index in [9.17, 15) is 18.7 Å². The van der Waals surface area contributed by atoms with Crippen LogP contribution in [0.1, 0.15) is 52.9 Å². The standard InChI is InChI=1S/C25H24F2N2O2S/c1-12-5-13(2)22(14(3)6-12)23-20(30)9-16(10-21(23)31)15(4)24-28-29-25(32-24)17-7-18(26)11-19(27)8-17/h5-8,11,15-16,30H,9-10H2,1-4H3. The normalized spacial score (nSPS) is 17.7. The maximum absolute atomic E-state index is 13.6. The Kier molecular flexibility index (Phi) is 5.95. The van der Waals surface area contributed by atoms with Crippen LogP contribution in [0.15, 0.2) is 36.1 Å². The van der Waals surface area contributed by atoms with E-state index in [1.165, 1.54) is 23.5 Å². The molecule has 1 N–H and O–H groups in total. The number of carbonyl (C=O) groups excluding carboxylic acids is 1. The van der Waals surface area contributed by atoms with Crippen LogP contribution in [0.3, 0.4) is 0 Å². The number of hydrogen-bond acceptors (Lipinski definition) is 5. The van der Waals surface area contributed by atoms with E-state index in [1.54, 1.807) is 0 Å². The number of hydrogen-bond donors (Lipinski definition) is 1. The van der Waals surface area contributed by atoms with Crippen LogP contribution in [0.2, 0.25) is 0 Å². The number of nitrogens with zero attached hydrogens (tertiary/aromatic N) is 2. The second kappa shape index (κ2) is 8.54. The Morgan fingerprint density at radius 2 is 1.62 bits per heavy atom. The highest BCUT2D eigenvalue weighted by atomic mass is 32.1. The smallest absolute Gasteiger partial charge is 0.167 e. The van der Waals surface area contributed by atoms with Gasteiger partial charge in [0.1, 0.15) is 27.4 Å². The average molecular weight is 455 g/mol. The van der Waals surface area contributed by atoms with Gasteiger partial charge in [0.15, 0.2) is 5.78 Å². The van der Waals surface area contributed by atoms with Crippen molar-refractivity contribution in [1.82, 2.24) is 10.2 Å². The molecule has 0 saturated carbocycles. The van der Waals surface area contributed by atoms with Gasteiger partial charge in [-0.15, -0.1) is 10.2 Å². The molecule has 0 spiro atoms. The lowest BCUT2D eigenvalue weighted by Crippen LogP contribution is -2.23. The quantitative estimate of drug-likeness (QED) is 0.491. The van der Waals surface area contributed by atoms with Gasteiger partial charge in [0, 0.05) is 30.4 Å². The molecule has 4 nitrogen and oxygen atoms in total. The molecule has 2 aromatic carbocycles. The molecule has 2 unspecified atom stereocenters. The van der Waals surface area contributed by atoms with Crippen molar-refractivity contribution in [2.45, 2.75) is 46.5 Å². The fraction of sp³-hybridized carbons (Fsp3) is 0.320. The van der Waals surface area contributed by atoms with Crippen LogP contribution < -0.4 is 0 Å². The Balaban J connectivity index is 1.61. The van der Waals surface area contributed by atoms with Gasteiger partial charge >= 0.3 is 0 Å². The van der Waals surface area contributed by atoms with Crippen LogP contribution >= 0.6 is 11.3 Å². The summed E-state index contributed by atoms with van der Waals surface area (Å²) in [6.07, 6.45) is 0.648. The predicted molar refractivity (Wildman–Crippen MR) is 122 cm³/mol. The number of aliphatic hydroxyl groups excluding tert-OH is 1. The first-order valence-electron chi connectivity index (χ1n) is 10.5. The summed E-state index contributed by atoms with van der Waals surface area (Å²) in [6, 6.07) is 7.28. The second-order valence-electron chi connectivity index (χ2n) is 8.58. The van der Waals surface area contributed by atoms with Crippen LogP contribution in [0.25, 0.3) is 16.1 Å². The lowest BCUT2D eigenvalue weighted by molar-refractivity contribution is -0.115. The highest BCUT2D eigenvalue weighted by molar-refractivity contribution is 7.14. The maximum atomic E-state index is 13.6. The van der Waals surface area contributed by atoms with Gasteiger partial charge in [-0.1, -0.05) is 36.0 Å². The van der Waals surface area contributed by atoms with Gasteiger partial charge in [-0.05, 0) is 55.5 Å². The van der Waals surface area contributed by atoms with E-state index in [-0.39, 0.29) is 29.8 Å². The van der Waals surface area contributed by atoms with E-state index in [1.807, 2.05) is 39.8 Å². The molecule has 7 heteroatoms. The summed E-state index contributed by atoms with van der Waals surface area (Å²) < 4.78 is 27.1. The van der Waals surface area contributed by atoms with Gasteiger partial charge < -0.3 is 5.11 Å². The average Bonchev–Trinajstić information content (AvgIpc) is 3.18. The number of ketones is 1. The lowest BCUT2D eigenvalue weighted by Gasteiger charge is -2.28. The molecule has 4 rings (SSSR count). The minimum absolute atomic E-state index is 0.0856. The highest BCUT2D eigenvalue weighted by Crippen LogP contribution is 2.42. The van der Waals surface area contributed by atoms with Crippen molar-refractivity contribution in [3.63, 3.8) is 0 Å². The van der Waals surface area contributed by atoms with E-state index in [0.717, 1.165) is 28.3 Å². The third-order valence-electron chi connectivity index (χ3n) is 6.04. The predicted octanol–water partition coefficient (Wildman–Crippen LogP) is 6.46. The Bertz CT molecular complexity index is 1210. The zero-order valence-electron chi connectivity index (χ0n) is 18.4. The molecule has 1 aliphatic carbocycles. The molecule has 0 fully saturated rings. The fourth-order valence-corrected chi connectivity index (χ4v) is 5.52. The lowest BCUT2D eigenvalue weighted by atomic mass is 9.77. The Labute approximate surface area is 189 Å². The van der Waals surface area contributed by atoms with Crippen molar-refractivity contribution in [1.29, 1.82) is 0 Å². The SMILES string of the molecule is Cc1cc(C)c(C2=C(O)CC(C(C)c3nnc(-c4cc(F)cc(F)c4)s3)CC2=O)c(C)c1. The molecule has 0 saturated heterocycles. The number of aryl methyl sites for hydroxylation is 3. The largest absolute Gasteiger partial charge is 0.512 e. The first kappa shape index (κ1) is 22.3. The molecular formula is C25H24F2N2O2S. The van der Waals surface area contributed by atoms with Crippen molar-refractivity contribution in [3.8, 4) is 10.6 Å². The number of allylic oxidation sites excluding steroid dienone is 2. The number of Topliss-reactive ketones (excluding diaryl/α,β-unsaturated/α-hetero) is 1. The summed E-state index contributed by atoms with van der Waals surface area (Å²) >= 11 is 1.25. The second-order valence-corrected chi connectivity index (χ2v) is 9.59. The van der Waals surface area contributed by atoms with Gasteiger partial charge in [0.05, 0.1) is 5.57 Å².